The molecule has 0 bridgehead atoms. The largest absolute Gasteiger partial charge is 0.445 e. The highest BCUT2D eigenvalue weighted by Gasteiger charge is 2.47. The van der Waals surface area contributed by atoms with Gasteiger partial charge in [0.05, 0.1) is 12.4 Å². The number of aromatic nitrogens is 6. The molecule has 1 saturated carbocycles. The minimum absolute atomic E-state index is 0.0924. The quantitative estimate of drug-likeness (QED) is 0.577. The summed E-state index contributed by atoms with van der Waals surface area (Å²) in [6.07, 6.45) is 1.36. The van der Waals surface area contributed by atoms with Crippen LogP contribution in [0.1, 0.15) is 45.5 Å². The second-order valence-corrected chi connectivity index (χ2v) is 9.34. The fourth-order valence-corrected chi connectivity index (χ4v) is 5.05. The van der Waals surface area contributed by atoms with Crippen LogP contribution < -0.4 is 0 Å². The van der Waals surface area contributed by atoms with Crippen LogP contribution in [0.4, 0.5) is 13.2 Å². The first-order valence-corrected chi connectivity index (χ1v) is 11.2. The lowest BCUT2D eigenvalue weighted by Crippen LogP contribution is -2.45. The van der Waals surface area contributed by atoms with E-state index in [0.717, 1.165) is 12.8 Å². The van der Waals surface area contributed by atoms with E-state index < -0.39 is 11.2 Å². The normalized spacial score (nSPS) is 22.6. The summed E-state index contributed by atoms with van der Waals surface area (Å²) in [6, 6.07) is 3.48. The Labute approximate surface area is 185 Å². The molecule has 0 aromatic carbocycles. The maximum atomic E-state index is 13.6. The van der Waals surface area contributed by atoms with Crippen molar-refractivity contribution in [1.29, 1.82) is 0 Å². The summed E-state index contributed by atoms with van der Waals surface area (Å²) in [7, 11) is 0. The van der Waals surface area contributed by atoms with Crippen LogP contribution in [0, 0.1) is 18.8 Å². The first-order valence-electron chi connectivity index (χ1n) is 10.3. The predicted molar refractivity (Wildman–Crippen MR) is 108 cm³/mol. The Morgan fingerprint density at radius 1 is 1.16 bits per heavy atom. The van der Waals surface area contributed by atoms with Crippen molar-refractivity contribution in [2.75, 3.05) is 6.54 Å². The van der Waals surface area contributed by atoms with Gasteiger partial charge in [-0.25, -0.2) is 4.98 Å². The van der Waals surface area contributed by atoms with Crippen LogP contribution in [-0.4, -0.2) is 53.6 Å². The maximum absolute atomic E-state index is 13.6. The average Bonchev–Trinajstić information content (AvgIpc) is 3.13. The SMILES string of the molecule is Cc1ccc(-n2nccn2)c(C(=O)N2C[C@@H]3C[C@@H]3C[C@H]2CCc2nnc(C(F)(F)F)s2)n1. The van der Waals surface area contributed by atoms with E-state index in [1.807, 2.05) is 11.8 Å². The second kappa shape index (κ2) is 7.91. The monoisotopic (exact) mass is 463 g/mol. The molecule has 8 nitrogen and oxygen atoms in total. The van der Waals surface area contributed by atoms with E-state index in [0.29, 0.717) is 58.9 Å². The molecule has 1 saturated heterocycles. The summed E-state index contributed by atoms with van der Waals surface area (Å²) >= 11 is 0.565. The fourth-order valence-electron chi connectivity index (χ4n) is 4.33. The smallest absolute Gasteiger partial charge is 0.334 e. The molecule has 168 valence electrons. The van der Waals surface area contributed by atoms with Gasteiger partial charge in [0.1, 0.15) is 10.7 Å². The number of piperidine rings is 1. The van der Waals surface area contributed by atoms with Crippen LogP contribution in [0.25, 0.3) is 5.69 Å². The van der Waals surface area contributed by atoms with E-state index in [-0.39, 0.29) is 17.6 Å². The molecular weight excluding hydrogens is 443 g/mol. The molecule has 12 heteroatoms. The number of rotatable bonds is 5. The van der Waals surface area contributed by atoms with Gasteiger partial charge in [-0.3, -0.25) is 4.79 Å². The van der Waals surface area contributed by atoms with Gasteiger partial charge in [-0.15, -0.1) is 15.0 Å². The molecule has 4 heterocycles. The molecule has 3 aromatic heterocycles. The van der Waals surface area contributed by atoms with E-state index in [1.165, 1.54) is 17.2 Å². The number of fused-ring (bicyclic) bond motifs is 1. The minimum Gasteiger partial charge on any atom is -0.334 e. The molecule has 1 aliphatic heterocycles. The van der Waals surface area contributed by atoms with Crippen molar-refractivity contribution in [3.05, 3.63) is 45.9 Å². The fraction of sp³-hybridized carbons (Fsp3) is 0.500. The molecule has 0 unspecified atom stereocenters. The zero-order valence-corrected chi connectivity index (χ0v) is 18.0. The van der Waals surface area contributed by atoms with Gasteiger partial charge in [0.15, 0.2) is 5.69 Å². The summed E-state index contributed by atoms with van der Waals surface area (Å²) in [4.78, 5) is 21.3. The van der Waals surface area contributed by atoms with Crippen molar-refractivity contribution in [2.45, 2.75) is 44.8 Å². The predicted octanol–water partition coefficient (Wildman–Crippen LogP) is 3.32. The number of hydrogen-bond donors (Lipinski definition) is 0. The van der Waals surface area contributed by atoms with Crippen molar-refractivity contribution in [3.8, 4) is 5.69 Å². The van der Waals surface area contributed by atoms with Crippen LogP contribution in [0.15, 0.2) is 24.5 Å². The van der Waals surface area contributed by atoms with Gasteiger partial charge < -0.3 is 4.90 Å². The zero-order valence-electron chi connectivity index (χ0n) is 17.2. The molecule has 0 spiro atoms. The summed E-state index contributed by atoms with van der Waals surface area (Å²) in [6.45, 7) is 2.44. The van der Waals surface area contributed by atoms with Gasteiger partial charge in [-0.05, 0) is 50.2 Å². The van der Waals surface area contributed by atoms with Crippen molar-refractivity contribution in [2.24, 2.45) is 11.8 Å². The number of hydrogen-bond acceptors (Lipinski definition) is 7. The number of likely N-dealkylation sites (tertiary alicyclic amines) is 1. The summed E-state index contributed by atoms with van der Waals surface area (Å²) < 4.78 is 38.5. The Bertz CT molecular complexity index is 1130. The van der Waals surface area contributed by atoms with Gasteiger partial charge in [0, 0.05) is 24.7 Å². The molecule has 3 atom stereocenters. The zero-order chi connectivity index (χ0) is 22.5. The number of pyridine rings is 1. The van der Waals surface area contributed by atoms with Crippen LogP contribution in [-0.2, 0) is 12.6 Å². The lowest BCUT2D eigenvalue weighted by Gasteiger charge is -2.35. The Hall–Kier alpha value is -2.89. The third kappa shape index (κ3) is 4.10. The number of halogens is 3. The van der Waals surface area contributed by atoms with Gasteiger partial charge in [0.2, 0.25) is 5.01 Å². The Balaban J connectivity index is 1.38. The molecule has 2 fully saturated rings. The van der Waals surface area contributed by atoms with Crippen molar-refractivity contribution in [1.82, 2.24) is 35.1 Å². The van der Waals surface area contributed by atoms with Gasteiger partial charge in [-0.2, -0.15) is 23.4 Å². The Kier molecular flexibility index (Phi) is 5.19. The minimum atomic E-state index is -4.49. The average molecular weight is 463 g/mol. The molecule has 32 heavy (non-hydrogen) atoms. The third-order valence-electron chi connectivity index (χ3n) is 6.03. The molecule has 1 amide bonds. The lowest BCUT2D eigenvalue weighted by atomic mass is 9.97. The summed E-state index contributed by atoms with van der Waals surface area (Å²) in [5.74, 6) is 0.844. The molecule has 3 aromatic rings. The number of aryl methyl sites for hydroxylation is 2. The van der Waals surface area contributed by atoms with Crippen molar-refractivity contribution in [3.63, 3.8) is 0 Å². The van der Waals surface area contributed by atoms with Crippen LogP contribution in [0.2, 0.25) is 0 Å². The molecule has 5 rings (SSSR count). The number of carbonyl (C=O) groups is 1. The van der Waals surface area contributed by atoms with Crippen LogP contribution in [0.3, 0.4) is 0 Å². The van der Waals surface area contributed by atoms with E-state index in [1.54, 1.807) is 12.1 Å². The van der Waals surface area contributed by atoms with E-state index in [9.17, 15) is 18.0 Å². The van der Waals surface area contributed by atoms with Crippen LogP contribution >= 0.6 is 11.3 Å². The molecular formula is C20H20F3N7OS. The highest BCUT2D eigenvalue weighted by molar-refractivity contribution is 7.11. The summed E-state index contributed by atoms with van der Waals surface area (Å²) in [5.41, 5.74) is 1.48. The third-order valence-corrected chi connectivity index (χ3v) is 7.06. The standard InChI is InChI=1S/C20H20F3N7OS/c1-11-2-4-15(30-24-6-7-25-30)17(26-11)18(31)29-10-13-8-12(13)9-14(29)3-5-16-27-28-19(32-16)20(21,22)23/h2,4,6-7,12-14H,3,5,8-10H2,1H3/t12-,13+,14-/m1/s1. The van der Waals surface area contributed by atoms with Crippen molar-refractivity contribution < 1.29 is 18.0 Å². The molecule has 1 aliphatic carbocycles. The van der Waals surface area contributed by atoms with E-state index in [2.05, 4.69) is 25.4 Å². The topological polar surface area (TPSA) is 89.7 Å². The second-order valence-electron chi connectivity index (χ2n) is 8.28. The summed E-state index contributed by atoms with van der Waals surface area (Å²) in [5, 5.41) is 14.6. The molecule has 0 N–H and O–H groups in total. The van der Waals surface area contributed by atoms with Crippen LogP contribution in [0.5, 0.6) is 0 Å². The maximum Gasteiger partial charge on any atom is 0.445 e. The number of alkyl halides is 3. The first-order chi connectivity index (χ1) is 15.3. The van der Waals surface area contributed by atoms with Crippen molar-refractivity contribution >= 4 is 17.2 Å². The Morgan fingerprint density at radius 2 is 1.94 bits per heavy atom. The highest BCUT2D eigenvalue weighted by atomic mass is 32.1. The molecule has 2 aliphatic rings. The highest BCUT2D eigenvalue weighted by Crippen LogP contribution is 2.48. The number of nitrogens with zero attached hydrogens (tertiary/aromatic N) is 7. The van der Waals surface area contributed by atoms with Gasteiger partial charge in [0.25, 0.3) is 5.91 Å². The Morgan fingerprint density at radius 3 is 2.66 bits per heavy atom. The first kappa shape index (κ1) is 21.0. The number of carbonyl (C=O) groups excluding carboxylic acids is 1. The van der Waals surface area contributed by atoms with E-state index in [4.69, 9.17) is 0 Å². The van der Waals surface area contributed by atoms with Gasteiger partial charge >= 0.3 is 6.18 Å². The lowest BCUT2D eigenvalue weighted by molar-refractivity contribution is -0.138. The molecule has 0 radical (unpaired) electrons. The van der Waals surface area contributed by atoms with E-state index >= 15 is 0 Å². The van der Waals surface area contributed by atoms with Gasteiger partial charge in [-0.1, -0.05) is 11.3 Å². The number of amides is 1.